The topological polar surface area (TPSA) is 37.3 Å². The summed E-state index contributed by atoms with van der Waals surface area (Å²) >= 11 is 0. The Morgan fingerprint density at radius 1 is 1.00 bits per heavy atom. The number of para-hydroxylation sites is 1. The Balaban J connectivity index is 1.84. The summed E-state index contributed by atoms with van der Waals surface area (Å²) in [6, 6.07) is 18.8. The number of aryl methyl sites for hydroxylation is 1. The SMILES string of the molecule is C=CCN(Cc1cccn1Cc1ccccc1C)C(=O)Nc1c(C(C)C)cccc1C(C)C. The lowest BCUT2D eigenvalue weighted by Crippen LogP contribution is -2.36. The summed E-state index contributed by atoms with van der Waals surface area (Å²) in [6.07, 6.45) is 3.86. The van der Waals surface area contributed by atoms with Gasteiger partial charge in [-0.05, 0) is 53.1 Å². The predicted molar refractivity (Wildman–Crippen MR) is 139 cm³/mol. The van der Waals surface area contributed by atoms with Crippen LogP contribution in [0.5, 0.6) is 0 Å². The first-order chi connectivity index (χ1) is 15.8. The number of amides is 2. The summed E-state index contributed by atoms with van der Waals surface area (Å²) in [4.78, 5) is 15.3. The second-order valence-electron chi connectivity index (χ2n) is 9.27. The van der Waals surface area contributed by atoms with Crippen LogP contribution in [-0.2, 0) is 13.1 Å². The number of aromatic nitrogens is 1. The van der Waals surface area contributed by atoms with E-state index in [9.17, 15) is 4.79 Å². The number of rotatable bonds is 9. The zero-order chi connectivity index (χ0) is 24.0. The molecule has 33 heavy (non-hydrogen) atoms. The van der Waals surface area contributed by atoms with Crippen molar-refractivity contribution in [3.63, 3.8) is 0 Å². The molecule has 174 valence electrons. The summed E-state index contributed by atoms with van der Waals surface area (Å²) in [5.74, 6) is 0.636. The molecule has 0 saturated heterocycles. The van der Waals surface area contributed by atoms with Crippen LogP contribution in [-0.4, -0.2) is 22.0 Å². The predicted octanol–water partition coefficient (Wildman–Crippen LogP) is 7.31. The van der Waals surface area contributed by atoms with Crippen molar-refractivity contribution in [2.75, 3.05) is 11.9 Å². The maximum Gasteiger partial charge on any atom is 0.322 e. The van der Waals surface area contributed by atoms with E-state index >= 15 is 0 Å². The number of hydrogen-bond donors (Lipinski definition) is 1. The van der Waals surface area contributed by atoms with E-state index in [1.54, 1.807) is 6.08 Å². The molecule has 0 aliphatic rings. The maximum absolute atomic E-state index is 13.5. The zero-order valence-corrected chi connectivity index (χ0v) is 20.6. The third-order valence-corrected chi connectivity index (χ3v) is 6.12. The van der Waals surface area contributed by atoms with Gasteiger partial charge in [0.25, 0.3) is 0 Å². The van der Waals surface area contributed by atoms with Crippen molar-refractivity contribution in [2.24, 2.45) is 0 Å². The molecule has 3 aromatic rings. The Kier molecular flexibility index (Phi) is 8.16. The molecule has 0 saturated carbocycles. The van der Waals surface area contributed by atoms with Gasteiger partial charge in [-0.2, -0.15) is 0 Å². The van der Waals surface area contributed by atoms with Crippen LogP contribution in [0.1, 0.15) is 67.5 Å². The second-order valence-corrected chi connectivity index (χ2v) is 9.27. The Bertz CT molecular complexity index is 1070. The van der Waals surface area contributed by atoms with Gasteiger partial charge in [0.1, 0.15) is 0 Å². The Labute approximate surface area is 198 Å². The summed E-state index contributed by atoms with van der Waals surface area (Å²) in [5.41, 5.74) is 6.91. The number of carbonyl (C=O) groups is 1. The van der Waals surface area contributed by atoms with Crippen molar-refractivity contribution in [1.82, 2.24) is 9.47 Å². The lowest BCUT2D eigenvalue weighted by molar-refractivity contribution is 0.213. The zero-order valence-electron chi connectivity index (χ0n) is 20.6. The van der Waals surface area contributed by atoms with Crippen molar-refractivity contribution in [1.29, 1.82) is 0 Å². The summed E-state index contributed by atoms with van der Waals surface area (Å²) in [7, 11) is 0. The Morgan fingerprint density at radius 3 is 2.27 bits per heavy atom. The quantitative estimate of drug-likeness (QED) is 0.346. The highest BCUT2D eigenvalue weighted by Crippen LogP contribution is 2.32. The number of nitrogens with zero attached hydrogens (tertiary/aromatic N) is 2. The van der Waals surface area contributed by atoms with Crippen LogP contribution in [0.3, 0.4) is 0 Å². The largest absolute Gasteiger partial charge is 0.345 e. The average molecular weight is 444 g/mol. The van der Waals surface area contributed by atoms with Crippen molar-refractivity contribution < 1.29 is 4.79 Å². The molecule has 4 heteroatoms. The van der Waals surface area contributed by atoms with Crippen LogP contribution in [0, 0.1) is 6.92 Å². The molecule has 0 unspecified atom stereocenters. The van der Waals surface area contributed by atoms with Gasteiger partial charge < -0.3 is 14.8 Å². The molecular weight excluding hydrogens is 406 g/mol. The molecule has 1 aromatic heterocycles. The molecule has 0 spiro atoms. The molecule has 0 aliphatic carbocycles. The van der Waals surface area contributed by atoms with Crippen LogP contribution >= 0.6 is 0 Å². The van der Waals surface area contributed by atoms with Gasteiger partial charge in [0.2, 0.25) is 0 Å². The van der Waals surface area contributed by atoms with E-state index in [-0.39, 0.29) is 6.03 Å². The molecule has 0 radical (unpaired) electrons. The lowest BCUT2D eigenvalue weighted by Gasteiger charge is -2.26. The summed E-state index contributed by atoms with van der Waals surface area (Å²) in [6.45, 7) is 16.4. The second kappa shape index (κ2) is 11.0. The molecule has 0 aliphatic heterocycles. The highest BCUT2D eigenvalue weighted by atomic mass is 16.2. The van der Waals surface area contributed by atoms with Gasteiger partial charge in [-0.3, -0.25) is 0 Å². The number of hydrogen-bond acceptors (Lipinski definition) is 1. The minimum atomic E-state index is -0.103. The molecule has 1 N–H and O–H groups in total. The standard InChI is InChI=1S/C29H37N3O/c1-7-17-32(20-25-14-11-18-31(25)19-24-13-9-8-12-23(24)6)29(33)30-28-26(21(2)3)15-10-16-27(28)22(4)5/h7-16,18,21-22H,1,17,19-20H2,2-6H3,(H,30,33). The van der Waals surface area contributed by atoms with Crippen LogP contribution in [0.2, 0.25) is 0 Å². The van der Waals surface area contributed by atoms with Gasteiger partial charge in [0.15, 0.2) is 0 Å². The van der Waals surface area contributed by atoms with Crippen molar-refractivity contribution in [2.45, 2.75) is 59.5 Å². The highest BCUT2D eigenvalue weighted by Gasteiger charge is 2.20. The van der Waals surface area contributed by atoms with Gasteiger partial charge in [-0.25, -0.2) is 4.79 Å². The lowest BCUT2D eigenvalue weighted by atomic mass is 9.93. The number of nitrogens with one attached hydrogen (secondary N) is 1. The number of urea groups is 1. The third-order valence-electron chi connectivity index (χ3n) is 6.12. The molecule has 0 bridgehead atoms. The van der Waals surface area contributed by atoms with Crippen molar-refractivity contribution in [3.05, 3.63) is 101 Å². The Hall–Kier alpha value is -3.27. The van der Waals surface area contributed by atoms with E-state index in [0.29, 0.717) is 24.9 Å². The van der Waals surface area contributed by atoms with Gasteiger partial charge in [0.05, 0.1) is 6.54 Å². The first-order valence-electron chi connectivity index (χ1n) is 11.8. The van der Waals surface area contributed by atoms with Crippen LogP contribution in [0.25, 0.3) is 0 Å². The van der Waals surface area contributed by atoms with E-state index in [0.717, 1.165) is 29.1 Å². The Morgan fingerprint density at radius 2 is 1.67 bits per heavy atom. The molecule has 0 fully saturated rings. The monoisotopic (exact) mass is 443 g/mol. The van der Waals surface area contributed by atoms with Crippen molar-refractivity contribution >= 4 is 11.7 Å². The molecular formula is C29H37N3O. The minimum Gasteiger partial charge on any atom is -0.345 e. The van der Waals surface area contributed by atoms with Gasteiger partial charge in [0, 0.05) is 30.7 Å². The van der Waals surface area contributed by atoms with E-state index in [2.05, 4.69) is 106 Å². The molecule has 1 heterocycles. The van der Waals surface area contributed by atoms with Crippen molar-refractivity contribution in [3.8, 4) is 0 Å². The first-order valence-corrected chi connectivity index (χ1v) is 11.8. The maximum atomic E-state index is 13.5. The van der Waals surface area contributed by atoms with E-state index in [1.807, 2.05) is 11.0 Å². The minimum absolute atomic E-state index is 0.103. The van der Waals surface area contributed by atoms with Crippen LogP contribution < -0.4 is 5.32 Å². The smallest absolute Gasteiger partial charge is 0.322 e. The number of anilines is 1. The fraction of sp³-hybridized carbons (Fsp3) is 0.345. The normalized spacial score (nSPS) is 11.1. The highest BCUT2D eigenvalue weighted by molar-refractivity contribution is 5.91. The fourth-order valence-electron chi connectivity index (χ4n) is 4.17. The number of carbonyl (C=O) groups excluding carboxylic acids is 1. The first kappa shape index (κ1) is 24.4. The third kappa shape index (κ3) is 5.95. The number of benzene rings is 2. The van der Waals surface area contributed by atoms with E-state index in [1.165, 1.54) is 11.1 Å². The van der Waals surface area contributed by atoms with Crippen LogP contribution in [0.15, 0.2) is 73.4 Å². The summed E-state index contributed by atoms with van der Waals surface area (Å²) < 4.78 is 2.22. The molecule has 2 aromatic carbocycles. The average Bonchev–Trinajstić information content (AvgIpc) is 3.21. The summed E-state index contributed by atoms with van der Waals surface area (Å²) in [5, 5.41) is 3.25. The van der Waals surface area contributed by atoms with E-state index < -0.39 is 0 Å². The van der Waals surface area contributed by atoms with Gasteiger partial charge in [-0.1, -0.05) is 76.2 Å². The van der Waals surface area contributed by atoms with Crippen LogP contribution in [0.4, 0.5) is 10.5 Å². The fourth-order valence-corrected chi connectivity index (χ4v) is 4.17. The molecule has 2 amide bonds. The van der Waals surface area contributed by atoms with Gasteiger partial charge >= 0.3 is 6.03 Å². The molecule has 3 rings (SSSR count). The van der Waals surface area contributed by atoms with Gasteiger partial charge in [-0.15, -0.1) is 6.58 Å². The molecule has 0 atom stereocenters. The van der Waals surface area contributed by atoms with E-state index in [4.69, 9.17) is 0 Å². The molecule has 4 nitrogen and oxygen atoms in total.